The molecular formula is C19H21FN4O4. The molecule has 1 fully saturated rings. The highest BCUT2D eigenvalue weighted by molar-refractivity contribution is 6.09. The van der Waals surface area contributed by atoms with E-state index in [9.17, 15) is 19.1 Å². The number of amides is 1. The molecule has 1 amide bonds. The molecule has 0 radical (unpaired) electrons. The maximum Gasteiger partial charge on any atom is 0.338 e. The predicted molar refractivity (Wildman–Crippen MR) is 101 cm³/mol. The first-order chi connectivity index (χ1) is 13.3. The first-order valence-electron chi connectivity index (χ1n) is 8.70. The lowest BCUT2D eigenvalue weighted by Crippen LogP contribution is -2.49. The third kappa shape index (κ3) is 3.55. The molecular weight excluding hydrogens is 367 g/mol. The van der Waals surface area contributed by atoms with Crippen LogP contribution in [0.5, 0.6) is 5.88 Å². The fourth-order valence-electron chi connectivity index (χ4n) is 3.33. The maximum atomic E-state index is 13.4. The molecule has 8 nitrogen and oxygen atoms in total. The number of ether oxygens (including phenoxy) is 1. The second kappa shape index (κ2) is 7.71. The van der Waals surface area contributed by atoms with E-state index < -0.39 is 11.9 Å². The number of carboxylic acids is 1. The Kier molecular flexibility index (Phi) is 5.34. The molecule has 0 bridgehead atoms. The van der Waals surface area contributed by atoms with Gasteiger partial charge in [-0.05, 0) is 25.1 Å². The Bertz CT molecular complexity index is 926. The second-order valence-electron chi connectivity index (χ2n) is 6.43. The molecule has 0 saturated carbocycles. The van der Waals surface area contributed by atoms with E-state index in [1.54, 1.807) is 12.1 Å². The summed E-state index contributed by atoms with van der Waals surface area (Å²) < 4.78 is 18.5. The Morgan fingerprint density at radius 1 is 1.21 bits per heavy atom. The lowest BCUT2D eigenvalue weighted by Gasteiger charge is -2.36. The predicted octanol–water partition coefficient (Wildman–Crippen LogP) is 1.78. The standard InChI is InChI=1S/C19H21FN4O4/c1-11-14(19(26)27)15(16(21)17(22-11)28-2)18(25)24-8-6-23(7-9-24)13-5-3-4-12(20)10-13/h3-5,10H,6-9,21H2,1-2H3,(H,26,27). The first-order valence-corrected chi connectivity index (χ1v) is 8.70. The van der Waals surface area contributed by atoms with Crippen LogP contribution in [0, 0.1) is 12.7 Å². The van der Waals surface area contributed by atoms with Crippen molar-refractivity contribution in [2.24, 2.45) is 0 Å². The van der Waals surface area contributed by atoms with E-state index in [-0.39, 0.29) is 34.2 Å². The monoisotopic (exact) mass is 388 g/mol. The zero-order chi connectivity index (χ0) is 20.4. The molecule has 0 unspecified atom stereocenters. The highest BCUT2D eigenvalue weighted by Gasteiger charge is 2.31. The van der Waals surface area contributed by atoms with Crippen LogP contribution in [0.2, 0.25) is 0 Å². The van der Waals surface area contributed by atoms with Crippen molar-refractivity contribution in [3.05, 3.63) is 46.9 Å². The minimum atomic E-state index is -1.28. The minimum Gasteiger partial charge on any atom is -0.480 e. The molecule has 1 saturated heterocycles. The van der Waals surface area contributed by atoms with Gasteiger partial charge < -0.3 is 25.4 Å². The van der Waals surface area contributed by atoms with Crippen LogP contribution in [-0.2, 0) is 0 Å². The van der Waals surface area contributed by atoms with Crippen LogP contribution < -0.4 is 15.4 Å². The van der Waals surface area contributed by atoms with E-state index in [0.29, 0.717) is 26.2 Å². The molecule has 28 heavy (non-hydrogen) atoms. The summed E-state index contributed by atoms with van der Waals surface area (Å²) in [7, 11) is 1.35. The van der Waals surface area contributed by atoms with Crippen molar-refractivity contribution in [2.75, 3.05) is 43.9 Å². The Morgan fingerprint density at radius 2 is 1.89 bits per heavy atom. The van der Waals surface area contributed by atoms with Crippen molar-refractivity contribution in [1.29, 1.82) is 0 Å². The highest BCUT2D eigenvalue weighted by Crippen LogP contribution is 2.30. The second-order valence-corrected chi connectivity index (χ2v) is 6.43. The van der Waals surface area contributed by atoms with Gasteiger partial charge in [-0.1, -0.05) is 6.07 Å². The summed E-state index contributed by atoms with van der Waals surface area (Å²) in [6, 6.07) is 6.25. The molecule has 2 aromatic rings. The van der Waals surface area contributed by atoms with Crippen molar-refractivity contribution < 1.29 is 23.8 Å². The van der Waals surface area contributed by atoms with Gasteiger partial charge in [-0.25, -0.2) is 14.2 Å². The maximum absolute atomic E-state index is 13.4. The molecule has 9 heteroatoms. The van der Waals surface area contributed by atoms with Crippen LogP contribution >= 0.6 is 0 Å². The lowest BCUT2D eigenvalue weighted by atomic mass is 10.0. The summed E-state index contributed by atoms with van der Waals surface area (Å²) in [6.45, 7) is 3.15. The normalized spacial score (nSPS) is 14.1. The van der Waals surface area contributed by atoms with Crippen LogP contribution in [-0.4, -0.2) is 60.2 Å². The Morgan fingerprint density at radius 3 is 2.46 bits per heavy atom. The molecule has 0 atom stereocenters. The molecule has 1 aromatic heterocycles. The number of hydrogen-bond acceptors (Lipinski definition) is 6. The molecule has 148 valence electrons. The molecule has 3 N–H and O–H groups in total. The van der Waals surface area contributed by atoms with Crippen molar-refractivity contribution in [3.63, 3.8) is 0 Å². The summed E-state index contributed by atoms with van der Waals surface area (Å²) in [5.74, 6) is -2.07. The van der Waals surface area contributed by atoms with Gasteiger partial charge in [-0.3, -0.25) is 4.79 Å². The number of carbonyl (C=O) groups is 2. The largest absolute Gasteiger partial charge is 0.480 e. The van der Waals surface area contributed by atoms with E-state index in [1.807, 2.05) is 4.90 Å². The van der Waals surface area contributed by atoms with Gasteiger partial charge in [0.05, 0.1) is 23.9 Å². The third-order valence-corrected chi connectivity index (χ3v) is 4.74. The number of piperazine rings is 1. The molecule has 3 rings (SSSR count). The average molecular weight is 388 g/mol. The summed E-state index contributed by atoms with van der Waals surface area (Å²) in [4.78, 5) is 32.3. The van der Waals surface area contributed by atoms with Crippen LogP contribution in [0.4, 0.5) is 15.8 Å². The van der Waals surface area contributed by atoms with Crippen molar-refractivity contribution in [1.82, 2.24) is 9.88 Å². The highest BCUT2D eigenvalue weighted by atomic mass is 19.1. The van der Waals surface area contributed by atoms with Crippen molar-refractivity contribution in [2.45, 2.75) is 6.92 Å². The third-order valence-electron chi connectivity index (χ3n) is 4.74. The number of benzene rings is 1. The Hall–Kier alpha value is -3.36. The summed E-state index contributed by atoms with van der Waals surface area (Å²) >= 11 is 0. The Labute approximate surface area is 161 Å². The molecule has 0 aliphatic carbocycles. The number of aryl methyl sites for hydroxylation is 1. The number of anilines is 2. The fraction of sp³-hybridized carbons (Fsp3) is 0.316. The zero-order valence-corrected chi connectivity index (χ0v) is 15.6. The van der Waals surface area contributed by atoms with Crippen LogP contribution in [0.3, 0.4) is 0 Å². The van der Waals surface area contributed by atoms with Gasteiger partial charge in [0.25, 0.3) is 5.91 Å². The van der Waals surface area contributed by atoms with Crippen LogP contribution in [0.25, 0.3) is 0 Å². The van der Waals surface area contributed by atoms with Gasteiger partial charge in [0.1, 0.15) is 11.5 Å². The molecule has 0 spiro atoms. The average Bonchev–Trinajstić information content (AvgIpc) is 2.68. The van der Waals surface area contributed by atoms with Crippen LogP contribution in [0.15, 0.2) is 24.3 Å². The smallest absolute Gasteiger partial charge is 0.338 e. The molecule has 2 heterocycles. The van der Waals surface area contributed by atoms with E-state index in [0.717, 1.165) is 5.69 Å². The van der Waals surface area contributed by atoms with E-state index in [1.165, 1.54) is 31.1 Å². The Balaban J connectivity index is 1.86. The van der Waals surface area contributed by atoms with Gasteiger partial charge in [0, 0.05) is 31.9 Å². The first kappa shape index (κ1) is 19.4. The number of carboxylic acid groups (broad SMARTS) is 1. The number of nitrogen functional groups attached to an aromatic ring is 1. The number of hydrogen-bond donors (Lipinski definition) is 2. The van der Waals surface area contributed by atoms with Gasteiger partial charge in [-0.15, -0.1) is 0 Å². The van der Waals surface area contributed by atoms with Crippen molar-refractivity contribution in [3.8, 4) is 5.88 Å². The number of methoxy groups -OCH3 is 1. The van der Waals surface area contributed by atoms with Crippen molar-refractivity contribution >= 4 is 23.3 Å². The molecule has 1 aliphatic rings. The number of carbonyl (C=O) groups excluding carboxylic acids is 1. The number of aromatic nitrogens is 1. The number of halogens is 1. The number of nitrogens with two attached hydrogens (primary N) is 1. The zero-order valence-electron chi connectivity index (χ0n) is 15.6. The fourth-order valence-corrected chi connectivity index (χ4v) is 3.33. The van der Waals surface area contributed by atoms with E-state index >= 15 is 0 Å². The summed E-state index contributed by atoms with van der Waals surface area (Å²) in [6.07, 6.45) is 0. The van der Waals surface area contributed by atoms with Gasteiger partial charge in [0.15, 0.2) is 0 Å². The topological polar surface area (TPSA) is 109 Å². The van der Waals surface area contributed by atoms with E-state index in [2.05, 4.69) is 4.98 Å². The van der Waals surface area contributed by atoms with Gasteiger partial charge >= 0.3 is 5.97 Å². The number of aromatic carboxylic acids is 1. The quantitative estimate of drug-likeness (QED) is 0.822. The number of rotatable bonds is 4. The molecule has 1 aliphatic heterocycles. The number of pyridine rings is 1. The van der Waals surface area contributed by atoms with E-state index in [4.69, 9.17) is 10.5 Å². The summed E-state index contributed by atoms with van der Waals surface area (Å²) in [5, 5.41) is 9.55. The van der Waals surface area contributed by atoms with Crippen LogP contribution in [0.1, 0.15) is 26.4 Å². The lowest BCUT2D eigenvalue weighted by molar-refractivity contribution is 0.0671. The summed E-state index contributed by atoms with van der Waals surface area (Å²) in [5.41, 5.74) is 6.45. The SMILES string of the molecule is COc1nc(C)c(C(=O)O)c(C(=O)N2CCN(c3cccc(F)c3)CC2)c1N. The number of nitrogens with zero attached hydrogens (tertiary/aromatic N) is 3. The molecule has 1 aromatic carbocycles. The minimum absolute atomic E-state index is 0.0178. The van der Waals surface area contributed by atoms with Gasteiger partial charge in [0.2, 0.25) is 5.88 Å². The van der Waals surface area contributed by atoms with Gasteiger partial charge in [-0.2, -0.15) is 0 Å².